The predicted octanol–water partition coefficient (Wildman–Crippen LogP) is 6.21. The van der Waals surface area contributed by atoms with Crippen molar-refractivity contribution in [3.63, 3.8) is 0 Å². The average molecular weight is 412 g/mol. The molecule has 0 aliphatic rings. The lowest BCUT2D eigenvalue weighted by atomic mass is 10.1. The molecule has 0 spiro atoms. The Balaban J connectivity index is 1.74. The first-order chi connectivity index (χ1) is 14.2. The molecule has 0 aliphatic carbocycles. The third-order valence-corrected chi connectivity index (χ3v) is 4.59. The monoisotopic (exact) mass is 412 g/mol. The SMILES string of the molecule is Cc1cc2c(Nc3cc(-c4ccc(C(F)(F)F)cc4)nc(C)n3)c(F)ccc2cn1. The lowest BCUT2D eigenvalue weighted by molar-refractivity contribution is -0.137. The molecule has 2 aromatic heterocycles. The van der Waals surface area contributed by atoms with Crippen LogP contribution in [0.5, 0.6) is 0 Å². The normalized spacial score (nSPS) is 11.7. The molecule has 2 heterocycles. The highest BCUT2D eigenvalue weighted by molar-refractivity contribution is 5.95. The zero-order valence-corrected chi connectivity index (χ0v) is 16.0. The summed E-state index contributed by atoms with van der Waals surface area (Å²) in [5.74, 6) is 0.270. The highest BCUT2D eigenvalue weighted by atomic mass is 19.4. The van der Waals surface area contributed by atoms with E-state index in [1.54, 1.807) is 31.3 Å². The van der Waals surface area contributed by atoms with Crippen LogP contribution in [0.25, 0.3) is 22.0 Å². The molecule has 0 saturated carbocycles. The molecule has 1 N–H and O–H groups in total. The van der Waals surface area contributed by atoms with E-state index in [2.05, 4.69) is 20.3 Å². The van der Waals surface area contributed by atoms with Gasteiger partial charge in [0.1, 0.15) is 17.5 Å². The molecule has 0 aliphatic heterocycles. The van der Waals surface area contributed by atoms with Gasteiger partial charge in [0, 0.05) is 34.3 Å². The number of benzene rings is 2. The van der Waals surface area contributed by atoms with Crippen LogP contribution < -0.4 is 5.32 Å². The largest absolute Gasteiger partial charge is 0.416 e. The molecule has 4 rings (SSSR count). The van der Waals surface area contributed by atoms with Crippen molar-refractivity contribution in [2.24, 2.45) is 0 Å². The van der Waals surface area contributed by atoms with E-state index in [0.717, 1.165) is 23.2 Å². The van der Waals surface area contributed by atoms with E-state index < -0.39 is 17.6 Å². The number of anilines is 2. The molecule has 8 heteroatoms. The molecule has 0 unspecified atom stereocenters. The van der Waals surface area contributed by atoms with Crippen molar-refractivity contribution >= 4 is 22.3 Å². The van der Waals surface area contributed by atoms with Crippen molar-refractivity contribution in [3.05, 3.63) is 77.6 Å². The number of rotatable bonds is 3. The Morgan fingerprint density at radius 1 is 0.900 bits per heavy atom. The van der Waals surface area contributed by atoms with Gasteiger partial charge >= 0.3 is 6.18 Å². The topological polar surface area (TPSA) is 50.7 Å². The van der Waals surface area contributed by atoms with Gasteiger partial charge in [-0.2, -0.15) is 13.2 Å². The van der Waals surface area contributed by atoms with Gasteiger partial charge in [0.2, 0.25) is 0 Å². The second-order valence-corrected chi connectivity index (χ2v) is 6.85. The second-order valence-electron chi connectivity index (χ2n) is 6.85. The van der Waals surface area contributed by atoms with Crippen molar-refractivity contribution in [1.29, 1.82) is 0 Å². The number of nitrogens with zero attached hydrogens (tertiary/aromatic N) is 3. The lowest BCUT2D eigenvalue weighted by Crippen LogP contribution is -2.04. The van der Waals surface area contributed by atoms with E-state index in [1.807, 2.05) is 6.92 Å². The quantitative estimate of drug-likeness (QED) is 0.407. The summed E-state index contributed by atoms with van der Waals surface area (Å²) in [4.78, 5) is 12.8. The molecule has 0 fully saturated rings. The Morgan fingerprint density at radius 3 is 2.33 bits per heavy atom. The zero-order chi connectivity index (χ0) is 21.5. The van der Waals surface area contributed by atoms with Crippen LogP contribution in [-0.2, 0) is 6.18 Å². The van der Waals surface area contributed by atoms with E-state index in [0.29, 0.717) is 28.3 Å². The maximum absolute atomic E-state index is 14.6. The van der Waals surface area contributed by atoms with Crippen LogP contribution in [0.2, 0.25) is 0 Å². The molecule has 0 atom stereocenters. The maximum Gasteiger partial charge on any atom is 0.416 e. The van der Waals surface area contributed by atoms with Crippen LogP contribution in [0.3, 0.4) is 0 Å². The van der Waals surface area contributed by atoms with Gasteiger partial charge in [-0.3, -0.25) is 4.98 Å². The molecule has 4 nitrogen and oxygen atoms in total. The molecule has 0 saturated heterocycles. The highest BCUT2D eigenvalue weighted by Gasteiger charge is 2.30. The number of pyridine rings is 1. The number of alkyl halides is 3. The average Bonchev–Trinajstić information content (AvgIpc) is 2.69. The Kier molecular flexibility index (Phi) is 4.85. The Labute approximate surface area is 169 Å². The summed E-state index contributed by atoms with van der Waals surface area (Å²) >= 11 is 0. The van der Waals surface area contributed by atoms with Crippen LogP contribution in [0.4, 0.5) is 29.1 Å². The van der Waals surface area contributed by atoms with Gasteiger partial charge in [0.05, 0.1) is 16.9 Å². The van der Waals surface area contributed by atoms with E-state index in [-0.39, 0.29) is 5.69 Å². The molecule has 0 radical (unpaired) electrons. The number of fused-ring (bicyclic) bond motifs is 1. The Hall–Kier alpha value is -3.55. The standard InChI is InChI=1S/C22H16F4N4/c1-12-9-17-15(11-27-12)5-8-18(23)21(17)30-20-10-19(28-13(2)29-20)14-3-6-16(7-4-14)22(24,25)26/h3-11H,1-2H3,(H,28,29,30). The number of aromatic nitrogens is 3. The minimum Gasteiger partial charge on any atom is -0.337 e. The molecule has 152 valence electrons. The molecule has 4 aromatic rings. The number of hydrogen-bond acceptors (Lipinski definition) is 4. The van der Waals surface area contributed by atoms with Crippen molar-refractivity contribution in [1.82, 2.24) is 15.0 Å². The van der Waals surface area contributed by atoms with E-state index in [1.165, 1.54) is 18.2 Å². The molecular formula is C22H16F4N4. The summed E-state index contributed by atoms with van der Waals surface area (Å²) in [6.07, 6.45) is -2.75. The van der Waals surface area contributed by atoms with Gasteiger partial charge in [-0.1, -0.05) is 12.1 Å². The smallest absolute Gasteiger partial charge is 0.337 e. The van der Waals surface area contributed by atoms with Crippen molar-refractivity contribution in [2.75, 3.05) is 5.32 Å². The summed E-state index contributed by atoms with van der Waals surface area (Å²) in [6.45, 7) is 3.47. The first kappa shape index (κ1) is 19.8. The summed E-state index contributed by atoms with van der Waals surface area (Å²) in [6, 6.07) is 11.0. The van der Waals surface area contributed by atoms with Gasteiger partial charge in [0.15, 0.2) is 0 Å². The van der Waals surface area contributed by atoms with Crippen LogP contribution in [0, 0.1) is 19.7 Å². The van der Waals surface area contributed by atoms with Crippen molar-refractivity contribution in [2.45, 2.75) is 20.0 Å². The minimum absolute atomic E-state index is 0.245. The number of hydrogen-bond donors (Lipinski definition) is 1. The van der Waals surface area contributed by atoms with Gasteiger partial charge in [-0.25, -0.2) is 14.4 Å². The number of nitrogens with one attached hydrogen (secondary N) is 1. The van der Waals surface area contributed by atoms with Gasteiger partial charge in [0.25, 0.3) is 0 Å². The van der Waals surface area contributed by atoms with Crippen molar-refractivity contribution in [3.8, 4) is 11.3 Å². The fourth-order valence-corrected chi connectivity index (χ4v) is 3.16. The lowest BCUT2D eigenvalue weighted by Gasteiger charge is -2.13. The summed E-state index contributed by atoms with van der Waals surface area (Å²) in [5, 5.41) is 4.41. The fraction of sp³-hybridized carbons (Fsp3) is 0.136. The summed E-state index contributed by atoms with van der Waals surface area (Å²) in [7, 11) is 0. The van der Waals surface area contributed by atoms with Crippen LogP contribution in [-0.4, -0.2) is 15.0 Å². The van der Waals surface area contributed by atoms with Gasteiger partial charge in [-0.15, -0.1) is 0 Å². The minimum atomic E-state index is -4.41. The van der Waals surface area contributed by atoms with E-state index in [9.17, 15) is 17.6 Å². The summed E-state index contributed by atoms with van der Waals surface area (Å²) in [5.41, 5.74) is 1.17. The maximum atomic E-state index is 14.6. The zero-order valence-electron chi connectivity index (χ0n) is 16.0. The van der Waals surface area contributed by atoms with Gasteiger partial charge < -0.3 is 5.32 Å². The van der Waals surface area contributed by atoms with Crippen molar-refractivity contribution < 1.29 is 17.6 Å². The first-order valence-corrected chi connectivity index (χ1v) is 9.06. The molecule has 0 bridgehead atoms. The third kappa shape index (κ3) is 3.94. The van der Waals surface area contributed by atoms with E-state index >= 15 is 0 Å². The number of aryl methyl sites for hydroxylation is 2. The van der Waals surface area contributed by atoms with Crippen LogP contribution in [0.1, 0.15) is 17.1 Å². The Morgan fingerprint density at radius 2 is 1.63 bits per heavy atom. The molecule has 30 heavy (non-hydrogen) atoms. The third-order valence-electron chi connectivity index (χ3n) is 4.59. The van der Waals surface area contributed by atoms with Gasteiger partial charge in [-0.05, 0) is 44.2 Å². The van der Waals surface area contributed by atoms with Crippen LogP contribution >= 0.6 is 0 Å². The predicted molar refractivity (Wildman–Crippen MR) is 107 cm³/mol. The Bertz CT molecular complexity index is 1230. The van der Waals surface area contributed by atoms with Crippen LogP contribution in [0.15, 0.2) is 54.7 Å². The first-order valence-electron chi connectivity index (χ1n) is 9.06. The van der Waals surface area contributed by atoms with E-state index in [4.69, 9.17) is 0 Å². The molecular weight excluding hydrogens is 396 g/mol. The summed E-state index contributed by atoms with van der Waals surface area (Å²) < 4.78 is 53.0. The molecule has 2 aromatic carbocycles. The fourth-order valence-electron chi connectivity index (χ4n) is 3.16. The highest BCUT2D eigenvalue weighted by Crippen LogP contribution is 2.32. The number of halogens is 4. The second kappa shape index (κ2) is 7.37. The molecule has 0 amide bonds.